The molecule has 0 bridgehead atoms. The normalized spacial score (nSPS) is 23.3. The van der Waals surface area contributed by atoms with Crippen molar-refractivity contribution in [2.24, 2.45) is 5.73 Å². The van der Waals surface area contributed by atoms with Crippen LogP contribution in [0.15, 0.2) is 41.4 Å². The second kappa shape index (κ2) is 6.31. The minimum absolute atomic E-state index is 0.0200. The molecule has 2 N–H and O–H groups in total. The molecule has 9 heteroatoms. The average molecular weight is 383 g/mol. The zero-order valence-electron chi connectivity index (χ0n) is 13.9. The van der Waals surface area contributed by atoms with E-state index in [9.17, 15) is 16.8 Å². The third kappa shape index (κ3) is 3.29. The molecule has 1 aliphatic heterocycles. The maximum absolute atomic E-state index is 13.4. The molecule has 1 aliphatic rings. The third-order valence-electron chi connectivity index (χ3n) is 4.58. The minimum Gasteiger partial charge on any atom is -0.329 e. The summed E-state index contributed by atoms with van der Waals surface area (Å²) in [5.41, 5.74) is 5.01. The summed E-state index contributed by atoms with van der Waals surface area (Å²) in [6.45, 7) is 1.83. The Morgan fingerprint density at radius 3 is 2.64 bits per heavy atom. The number of nitrogens with two attached hydrogens (primary N) is 1. The number of rotatable bonds is 5. The highest BCUT2D eigenvalue weighted by Crippen LogP contribution is 2.35. The molecule has 1 saturated heterocycles. The first kappa shape index (κ1) is 18.2. The molecule has 0 saturated carbocycles. The molecule has 0 radical (unpaired) electrons. The summed E-state index contributed by atoms with van der Waals surface area (Å²) in [7, 11) is -7.22. The Morgan fingerprint density at radius 1 is 1.28 bits per heavy atom. The summed E-state index contributed by atoms with van der Waals surface area (Å²) in [4.78, 5) is 4.29. The van der Waals surface area contributed by atoms with E-state index in [2.05, 4.69) is 4.98 Å². The Kier molecular flexibility index (Phi) is 4.61. The van der Waals surface area contributed by atoms with Gasteiger partial charge in [0.25, 0.3) is 0 Å². The molecule has 2 heterocycles. The van der Waals surface area contributed by atoms with Crippen molar-refractivity contribution >= 4 is 30.8 Å². The van der Waals surface area contributed by atoms with Crippen molar-refractivity contribution in [2.75, 3.05) is 24.6 Å². The van der Waals surface area contributed by atoms with Crippen molar-refractivity contribution in [3.05, 3.63) is 36.5 Å². The molecule has 3 rings (SSSR count). The third-order valence-corrected chi connectivity index (χ3v) is 8.56. The van der Waals surface area contributed by atoms with Crippen LogP contribution in [0.1, 0.15) is 13.3 Å². The lowest BCUT2D eigenvalue weighted by Crippen LogP contribution is -2.52. The second-order valence-corrected chi connectivity index (χ2v) is 10.6. The van der Waals surface area contributed by atoms with Crippen molar-refractivity contribution in [2.45, 2.75) is 23.8 Å². The van der Waals surface area contributed by atoms with E-state index in [0.29, 0.717) is 10.9 Å². The van der Waals surface area contributed by atoms with Gasteiger partial charge < -0.3 is 5.73 Å². The van der Waals surface area contributed by atoms with Gasteiger partial charge in [0, 0.05) is 30.2 Å². The maximum Gasteiger partial charge on any atom is 0.245 e. The highest BCUT2D eigenvalue weighted by atomic mass is 32.2. The van der Waals surface area contributed by atoms with Gasteiger partial charge in [-0.15, -0.1) is 0 Å². The number of benzene rings is 1. The molecule has 1 aromatic heterocycles. The number of fused-ring (bicyclic) bond motifs is 1. The molecule has 0 spiro atoms. The molecule has 1 fully saturated rings. The number of para-hydroxylation sites is 1. The average Bonchev–Trinajstić information content (AvgIpc) is 2.85. The Hall–Kier alpha value is -1.55. The molecular weight excluding hydrogens is 362 g/mol. The number of aromatic nitrogens is 1. The summed E-state index contributed by atoms with van der Waals surface area (Å²) in [5, 5.41) is 0.709. The van der Waals surface area contributed by atoms with Crippen LogP contribution in [-0.4, -0.2) is 56.3 Å². The standard InChI is InChI=1S/C16H21N3O4S2/c1-16(7-11-24(20,21)12-16)19(10-8-17)25(22,23)14-6-2-4-13-5-3-9-18-15(13)14/h2-6,9H,7-8,10-12,17H2,1H3/t16-/m1/s1. The van der Waals surface area contributed by atoms with Crippen LogP contribution in [-0.2, 0) is 19.9 Å². The van der Waals surface area contributed by atoms with Gasteiger partial charge in [-0.2, -0.15) is 4.31 Å². The van der Waals surface area contributed by atoms with Gasteiger partial charge in [0.05, 0.1) is 17.0 Å². The second-order valence-electron chi connectivity index (χ2n) is 6.54. The quantitative estimate of drug-likeness (QED) is 0.816. The summed E-state index contributed by atoms with van der Waals surface area (Å²) < 4.78 is 51.9. The first-order valence-electron chi connectivity index (χ1n) is 7.97. The Bertz CT molecular complexity index is 1000. The minimum atomic E-state index is -3.96. The van der Waals surface area contributed by atoms with Crippen LogP contribution < -0.4 is 5.73 Å². The number of pyridine rings is 1. The van der Waals surface area contributed by atoms with Crippen LogP contribution in [0.4, 0.5) is 0 Å². The lowest BCUT2D eigenvalue weighted by Gasteiger charge is -2.36. The summed E-state index contributed by atoms with van der Waals surface area (Å²) in [6.07, 6.45) is 1.79. The van der Waals surface area contributed by atoms with Gasteiger partial charge in [0.1, 0.15) is 4.90 Å². The number of hydrogen-bond acceptors (Lipinski definition) is 6. The Labute approximate surface area is 147 Å². The van der Waals surface area contributed by atoms with Crippen LogP contribution in [0.25, 0.3) is 10.9 Å². The fraction of sp³-hybridized carbons (Fsp3) is 0.438. The van der Waals surface area contributed by atoms with E-state index in [1.807, 2.05) is 0 Å². The molecule has 1 aromatic carbocycles. The van der Waals surface area contributed by atoms with Crippen LogP contribution in [0.3, 0.4) is 0 Å². The highest BCUT2D eigenvalue weighted by molar-refractivity contribution is 7.92. The van der Waals surface area contributed by atoms with E-state index in [0.717, 1.165) is 0 Å². The molecule has 0 unspecified atom stereocenters. The lowest BCUT2D eigenvalue weighted by atomic mass is 10.0. The largest absolute Gasteiger partial charge is 0.329 e. The predicted molar refractivity (Wildman–Crippen MR) is 96.4 cm³/mol. The van der Waals surface area contributed by atoms with Crippen LogP contribution in [0.2, 0.25) is 0 Å². The van der Waals surface area contributed by atoms with Gasteiger partial charge in [-0.25, -0.2) is 16.8 Å². The summed E-state index contributed by atoms with van der Waals surface area (Å²) in [5.74, 6) is -0.217. The summed E-state index contributed by atoms with van der Waals surface area (Å²) >= 11 is 0. The van der Waals surface area contributed by atoms with E-state index < -0.39 is 25.4 Å². The van der Waals surface area contributed by atoms with Crippen molar-refractivity contribution in [3.63, 3.8) is 0 Å². The molecule has 2 aromatic rings. The monoisotopic (exact) mass is 383 g/mol. The number of sulfonamides is 1. The Morgan fingerprint density at radius 2 is 2.00 bits per heavy atom. The topological polar surface area (TPSA) is 110 Å². The van der Waals surface area contributed by atoms with Crippen molar-refractivity contribution < 1.29 is 16.8 Å². The van der Waals surface area contributed by atoms with E-state index in [1.165, 1.54) is 16.6 Å². The van der Waals surface area contributed by atoms with Gasteiger partial charge in [0.15, 0.2) is 9.84 Å². The maximum atomic E-state index is 13.4. The fourth-order valence-electron chi connectivity index (χ4n) is 3.39. The molecule has 136 valence electrons. The predicted octanol–water partition coefficient (Wildman–Crippen LogP) is 0.761. The first-order chi connectivity index (χ1) is 11.7. The molecule has 7 nitrogen and oxygen atoms in total. The van der Waals surface area contributed by atoms with Gasteiger partial charge in [-0.3, -0.25) is 4.98 Å². The number of sulfone groups is 1. The number of nitrogens with zero attached hydrogens (tertiary/aromatic N) is 2. The van der Waals surface area contributed by atoms with Crippen molar-refractivity contribution in [1.82, 2.24) is 9.29 Å². The Balaban J connectivity index is 2.15. The highest BCUT2D eigenvalue weighted by Gasteiger charge is 2.48. The zero-order valence-corrected chi connectivity index (χ0v) is 15.6. The van der Waals surface area contributed by atoms with Gasteiger partial charge in [-0.05, 0) is 25.5 Å². The zero-order chi connectivity index (χ0) is 18.3. The SMILES string of the molecule is C[C@@]1(N(CCN)S(=O)(=O)c2cccc3cccnc23)CCS(=O)(=O)C1. The number of hydrogen-bond donors (Lipinski definition) is 1. The smallest absolute Gasteiger partial charge is 0.245 e. The molecule has 1 atom stereocenters. The van der Waals surface area contributed by atoms with E-state index in [4.69, 9.17) is 5.73 Å². The van der Waals surface area contributed by atoms with Gasteiger partial charge in [0.2, 0.25) is 10.0 Å². The molecule has 0 aliphatic carbocycles. The van der Waals surface area contributed by atoms with Crippen molar-refractivity contribution in [3.8, 4) is 0 Å². The van der Waals surface area contributed by atoms with Crippen LogP contribution >= 0.6 is 0 Å². The van der Waals surface area contributed by atoms with Crippen molar-refractivity contribution in [1.29, 1.82) is 0 Å². The van der Waals surface area contributed by atoms with E-state index in [1.54, 1.807) is 31.2 Å². The lowest BCUT2D eigenvalue weighted by molar-refractivity contribution is 0.238. The first-order valence-corrected chi connectivity index (χ1v) is 11.2. The van der Waals surface area contributed by atoms with Crippen LogP contribution in [0, 0.1) is 0 Å². The fourth-order valence-corrected chi connectivity index (χ4v) is 7.60. The summed E-state index contributed by atoms with van der Waals surface area (Å²) in [6, 6.07) is 8.47. The van der Waals surface area contributed by atoms with E-state index >= 15 is 0 Å². The van der Waals surface area contributed by atoms with E-state index in [-0.39, 0.29) is 35.9 Å². The molecular formula is C16H21N3O4S2. The molecule has 0 amide bonds. The van der Waals surface area contributed by atoms with Gasteiger partial charge in [-0.1, -0.05) is 18.2 Å². The molecule has 25 heavy (non-hydrogen) atoms. The van der Waals surface area contributed by atoms with Crippen LogP contribution in [0.5, 0.6) is 0 Å². The van der Waals surface area contributed by atoms with Gasteiger partial charge >= 0.3 is 0 Å².